The average Bonchev–Trinajstić information content (AvgIpc) is 2.13. The van der Waals surface area contributed by atoms with Crippen molar-refractivity contribution in [2.75, 3.05) is 33.4 Å². The van der Waals surface area contributed by atoms with Gasteiger partial charge in [-0.05, 0) is 25.8 Å². The summed E-state index contributed by atoms with van der Waals surface area (Å²) >= 11 is 0. The first kappa shape index (κ1) is 13.9. The number of methoxy groups -OCH3 is 1. The molecule has 0 spiro atoms. The Bertz CT molecular complexity index is 118. The zero-order valence-electron chi connectivity index (χ0n) is 10.0. The second kappa shape index (κ2) is 9.44. The fourth-order valence-electron chi connectivity index (χ4n) is 1.09. The van der Waals surface area contributed by atoms with Crippen LogP contribution < -0.4 is 5.32 Å². The van der Waals surface area contributed by atoms with Crippen molar-refractivity contribution in [2.45, 2.75) is 33.3 Å². The van der Waals surface area contributed by atoms with Crippen molar-refractivity contribution in [1.82, 2.24) is 5.32 Å². The van der Waals surface area contributed by atoms with Crippen LogP contribution in [0.4, 0.5) is 0 Å². The van der Waals surface area contributed by atoms with Crippen molar-refractivity contribution in [3.8, 4) is 0 Å². The minimum Gasteiger partial charge on any atom is -0.382 e. The van der Waals surface area contributed by atoms with Crippen LogP contribution in [0.5, 0.6) is 0 Å². The Hall–Kier alpha value is -0.120. The van der Waals surface area contributed by atoms with Crippen LogP contribution in [-0.2, 0) is 9.47 Å². The van der Waals surface area contributed by atoms with Crippen molar-refractivity contribution in [2.24, 2.45) is 5.92 Å². The van der Waals surface area contributed by atoms with Gasteiger partial charge in [0, 0.05) is 13.7 Å². The molecular formula is C11H25NO2. The van der Waals surface area contributed by atoms with Gasteiger partial charge in [-0.15, -0.1) is 0 Å². The SMILES string of the molecule is COCCOC(C)CNCCC(C)C. The Balaban J connectivity index is 3.14. The lowest BCUT2D eigenvalue weighted by molar-refractivity contribution is 0.0267. The van der Waals surface area contributed by atoms with E-state index in [0.717, 1.165) is 19.0 Å². The molecule has 0 saturated carbocycles. The Kier molecular flexibility index (Phi) is 9.35. The molecule has 0 aromatic heterocycles. The average molecular weight is 203 g/mol. The number of nitrogens with one attached hydrogen (secondary N) is 1. The molecule has 1 unspecified atom stereocenters. The van der Waals surface area contributed by atoms with E-state index in [-0.39, 0.29) is 6.10 Å². The molecule has 14 heavy (non-hydrogen) atoms. The van der Waals surface area contributed by atoms with Gasteiger partial charge in [0.25, 0.3) is 0 Å². The van der Waals surface area contributed by atoms with Gasteiger partial charge >= 0.3 is 0 Å². The highest BCUT2D eigenvalue weighted by atomic mass is 16.5. The van der Waals surface area contributed by atoms with Gasteiger partial charge in [0.1, 0.15) is 0 Å². The van der Waals surface area contributed by atoms with E-state index < -0.39 is 0 Å². The van der Waals surface area contributed by atoms with Crippen LogP contribution in [0, 0.1) is 5.92 Å². The maximum atomic E-state index is 5.50. The summed E-state index contributed by atoms with van der Waals surface area (Å²) in [5.74, 6) is 0.771. The van der Waals surface area contributed by atoms with Gasteiger partial charge in [-0.25, -0.2) is 0 Å². The summed E-state index contributed by atoms with van der Waals surface area (Å²) in [5, 5.41) is 3.38. The van der Waals surface area contributed by atoms with Gasteiger partial charge in [0.05, 0.1) is 19.3 Å². The molecule has 0 amide bonds. The molecule has 0 fully saturated rings. The summed E-state index contributed by atoms with van der Waals surface area (Å²) in [7, 11) is 1.69. The van der Waals surface area contributed by atoms with E-state index in [1.54, 1.807) is 7.11 Å². The fraction of sp³-hybridized carbons (Fsp3) is 1.00. The predicted molar refractivity (Wildman–Crippen MR) is 59.6 cm³/mol. The molecule has 0 aromatic rings. The van der Waals surface area contributed by atoms with Gasteiger partial charge < -0.3 is 14.8 Å². The third-order valence-electron chi connectivity index (χ3n) is 2.02. The maximum absolute atomic E-state index is 5.50. The van der Waals surface area contributed by atoms with Gasteiger partial charge in [0.15, 0.2) is 0 Å². The van der Waals surface area contributed by atoms with Crippen molar-refractivity contribution in [1.29, 1.82) is 0 Å². The Morgan fingerprint density at radius 1 is 1.14 bits per heavy atom. The molecule has 0 aliphatic rings. The van der Waals surface area contributed by atoms with Crippen LogP contribution in [0.25, 0.3) is 0 Å². The van der Waals surface area contributed by atoms with E-state index >= 15 is 0 Å². The van der Waals surface area contributed by atoms with Crippen LogP contribution in [0.15, 0.2) is 0 Å². The lowest BCUT2D eigenvalue weighted by Gasteiger charge is -2.14. The number of rotatable bonds is 9. The van der Waals surface area contributed by atoms with E-state index in [1.165, 1.54) is 6.42 Å². The van der Waals surface area contributed by atoms with Crippen LogP contribution >= 0.6 is 0 Å². The standard InChI is InChI=1S/C11H25NO2/c1-10(2)5-6-12-9-11(3)14-8-7-13-4/h10-12H,5-9H2,1-4H3. The van der Waals surface area contributed by atoms with Crippen molar-refractivity contribution >= 4 is 0 Å². The predicted octanol–water partition coefficient (Wildman–Crippen LogP) is 1.67. The lowest BCUT2D eigenvalue weighted by atomic mass is 10.1. The van der Waals surface area contributed by atoms with Gasteiger partial charge in [0.2, 0.25) is 0 Å². The normalized spacial score (nSPS) is 13.5. The molecule has 0 aromatic carbocycles. The highest BCUT2D eigenvalue weighted by Gasteiger charge is 2.01. The Morgan fingerprint density at radius 2 is 1.86 bits per heavy atom. The summed E-state index contributed by atoms with van der Waals surface area (Å²) in [5.41, 5.74) is 0. The Morgan fingerprint density at radius 3 is 2.43 bits per heavy atom. The third-order valence-corrected chi connectivity index (χ3v) is 2.02. The van der Waals surface area contributed by atoms with Crippen LogP contribution in [0.1, 0.15) is 27.2 Å². The van der Waals surface area contributed by atoms with Crippen LogP contribution in [0.2, 0.25) is 0 Å². The smallest absolute Gasteiger partial charge is 0.0704 e. The first-order valence-electron chi connectivity index (χ1n) is 5.48. The minimum absolute atomic E-state index is 0.275. The number of hydrogen-bond acceptors (Lipinski definition) is 3. The van der Waals surface area contributed by atoms with E-state index in [1.807, 2.05) is 0 Å². The molecular weight excluding hydrogens is 178 g/mol. The van der Waals surface area contributed by atoms with Gasteiger partial charge in [-0.2, -0.15) is 0 Å². The maximum Gasteiger partial charge on any atom is 0.0704 e. The molecule has 1 N–H and O–H groups in total. The first-order valence-corrected chi connectivity index (χ1v) is 5.48. The van der Waals surface area contributed by atoms with E-state index in [0.29, 0.717) is 13.2 Å². The van der Waals surface area contributed by atoms with E-state index in [9.17, 15) is 0 Å². The number of ether oxygens (including phenoxy) is 2. The summed E-state index contributed by atoms with van der Waals surface area (Å²) in [6.45, 7) is 9.92. The summed E-state index contributed by atoms with van der Waals surface area (Å²) in [6.07, 6.45) is 1.50. The van der Waals surface area contributed by atoms with Crippen molar-refractivity contribution in [3.63, 3.8) is 0 Å². The fourth-order valence-corrected chi connectivity index (χ4v) is 1.09. The molecule has 3 nitrogen and oxygen atoms in total. The topological polar surface area (TPSA) is 30.5 Å². The largest absolute Gasteiger partial charge is 0.382 e. The molecule has 0 aliphatic heterocycles. The van der Waals surface area contributed by atoms with E-state index in [2.05, 4.69) is 26.1 Å². The molecule has 86 valence electrons. The molecule has 0 rings (SSSR count). The molecule has 0 bridgehead atoms. The lowest BCUT2D eigenvalue weighted by Crippen LogP contribution is -2.29. The zero-order valence-corrected chi connectivity index (χ0v) is 10.0. The van der Waals surface area contributed by atoms with Crippen molar-refractivity contribution < 1.29 is 9.47 Å². The van der Waals surface area contributed by atoms with Gasteiger partial charge in [-0.3, -0.25) is 0 Å². The highest BCUT2D eigenvalue weighted by Crippen LogP contribution is 1.96. The minimum atomic E-state index is 0.275. The molecule has 0 radical (unpaired) electrons. The molecule has 0 saturated heterocycles. The first-order chi connectivity index (χ1) is 6.66. The molecule has 0 aliphatic carbocycles. The monoisotopic (exact) mass is 203 g/mol. The molecule has 0 heterocycles. The zero-order chi connectivity index (χ0) is 10.8. The summed E-state index contributed by atoms with van der Waals surface area (Å²) in [6, 6.07) is 0. The van der Waals surface area contributed by atoms with E-state index in [4.69, 9.17) is 9.47 Å². The summed E-state index contributed by atoms with van der Waals surface area (Å²) in [4.78, 5) is 0. The molecule has 1 atom stereocenters. The van der Waals surface area contributed by atoms with Crippen molar-refractivity contribution in [3.05, 3.63) is 0 Å². The second-order valence-corrected chi connectivity index (χ2v) is 4.06. The van der Waals surface area contributed by atoms with Gasteiger partial charge in [-0.1, -0.05) is 13.8 Å². The number of hydrogen-bond donors (Lipinski definition) is 1. The molecule has 3 heteroatoms. The quantitative estimate of drug-likeness (QED) is 0.578. The van der Waals surface area contributed by atoms with Crippen LogP contribution in [0.3, 0.4) is 0 Å². The third kappa shape index (κ3) is 9.96. The Labute approximate surface area is 88.2 Å². The summed E-state index contributed by atoms with van der Waals surface area (Å²) < 4.78 is 10.4. The highest BCUT2D eigenvalue weighted by molar-refractivity contribution is 4.56. The second-order valence-electron chi connectivity index (χ2n) is 4.06. The van der Waals surface area contributed by atoms with Crippen LogP contribution in [-0.4, -0.2) is 39.5 Å².